The zero-order chi connectivity index (χ0) is 11.7. The van der Waals surface area contributed by atoms with Crippen LogP contribution in [0.1, 0.15) is 25.3 Å². The van der Waals surface area contributed by atoms with E-state index in [-0.39, 0.29) is 17.2 Å². The second-order valence-electron chi connectivity index (χ2n) is 3.73. The largest absolute Gasteiger partial charge is 0.206 e. The van der Waals surface area contributed by atoms with Crippen molar-refractivity contribution >= 4 is 0 Å². The molecule has 0 aliphatic rings. The molecule has 0 saturated carbocycles. The van der Waals surface area contributed by atoms with Crippen molar-refractivity contribution in [3.05, 3.63) is 35.7 Å². The number of tetrazole rings is 1. The number of benzene rings is 1. The highest BCUT2D eigenvalue weighted by Crippen LogP contribution is 2.24. The molecule has 0 amide bonds. The summed E-state index contributed by atoms with van der Waals surface area (Å²) >= 11 is 0. The van der Waals surface area contributed by atoms with Crippen molar-refractivity contribution < 1.29 is 8.78 Å². The second-order valence-corrected chi connectivity index (χ2v) is 3.73. The monoisotopic (exact) mass is 224 g/mol. The van der Waals surface area contributed by atoms with E-state index in [0.29, 0.717) is 0 Å². The van der Waals surface area contributed by atoms with Gasteiger partial charge in [-0.1, -0.05) is 13.8 Å². The highest BCUT2D eigenvalue weighted by atomic mass is 19.1. The first-order valence-electron chi connectivity index (χ1n) is 4.82. The maximum Gasteiger partial charge on any atom is 0.143 e. The van der Waals surface area contributed by atoms with Crippen molar-refractivity contribution in [1.82, 2.24) is 20.2 Å². The first-order chi connectivity index (χ1) is 7.59. The van der Waals surface area contributed by atoms with E-state index < -0.39 is 11.6 Å². The van der Waals surface area contributed by atoms with Gasteiger partial charge < -0.3 is 0 Å². The van der Waals surface area contributed by atoms with Gasteiger partial charge in [-0.25, -0.2) is 13.5 Å². The Morgan fingerprint density at radius 3 is 2.25 bits per heavy atom. The number of rotatable bonds is 2. The predicted octanol–water partition coefficient (Wildman–Crippen LogP) is 2.06. The first kappa shape index (κ1) is 10.7. The van der Waals surface area contributed by atoms with Crippen molar-refractivity contribution in [2.24, 2.45) is 0 Å². The topological polar surface area (TPSA) is 43.6 Å². The van der Waals surface area contributed by atoms with Crippen LogP contribution in [0.25, 0.3) is 5.69 Å². The van der Waals surface area contributed by atoms with Gasteiger partial charge in [0.15, 0.2) is 0 Å². The molecule has 0 unspecified atom stereocenters. The predicted molar refractivity (Wildman–Crippen MR) is 53.2 cm³/mol. The van der Waals surface area contributed by atoms with Crippen molar-refractivity contribution in [3.8, 4) is 5.69 Å². The Balaban J connectivity index is 2.53. The van der Waals surface area contributed by atoms with Crippen LogP contribution in [0, 0.1) is 11.6 Å². The molecule has 1 aromatic carbocycles. The molecule has 0 aliphatic heterocycles. The first-order valence-corrected chi connectivity index (χ1v) is 4.82. The third-order valence-corrected chi connectivity index (χ3v) is 2.25. The molecule has 16 heavy (non-hydrogen) atoms. The average molecular weight is 224 g/mol. The van der Waals surface area contributed by atoms with Crippen molar-refractivity contribution in [2.45, 2.75) is 19.8 Å². The lowest BCUT2D eigenvalue weighted by molar-refractivity contribution is 0.539. The van der Waals surface area contributed by atoms with Crippen LogP contribution >= 0.6 is 0 Å². The summed E-state index contributed by atoms with van der Waals surface area (Å²) < 4.78 is 28.5. The summed E-state index contributed by atoms with van der Waals surface area (Å²) in [5.41, 5.74) is 0.348. The summed E-state index contributed by atoms with van der Waals surface area (Å²) in [5, 5.41) is 10.4. The lowest BCUT2D eigenvalue weighted by atomic mass is 10.0. The summed E-state index contributed by atoms with van der Waals surface area (Å²) in [4.78, 5) is 0. The number of nitrogens with zero attached hydrogens (tertiary/aromatic N) is 4. The maximum absolute atomic E-state index is 13.6. The summed E-state index contributed by atoms with van der Waals surface area (Å²) in [5.74, 6) is -1.37. The van der Waals surface area contributed by atoms with Crippen molar-refractivity contribution in [2.75, 3.05) is 0 Å². The minimum Gasteiger partial charge on any atom is -0.206 e. The molecular formula is C10H10F2N4. The van der Waals surface area contributed by atoms with Gasteiger partial charge in [-0.3, -0.25) is 0 Å². The second kappa shape index (κ2) is 3.96. The third kappa shape index (κ3) is 1.78. The fourth-order valence-electron chi connectivity index (χ4n) is 1.53. The number of aromatic nitrogens is 4. The van der Waals surface area contributed by atoms with Gasteiger partial charge in [0.2, 0.25) is 0 Å². The van der Waals surface area contributed by atoms with Crippen LogP contribution in [0.2, 0.25) is 0 Å². The summed E-state index contributed by atoms with van der Waals surface area (Å²) in [6, 6.07) is 2.43. The summed E-state index contributed by atoms with van der Waals surface area (Å²) in [6.07, 6.45) is 1.28. The SMILES string of the molecule is CC(C)c1c(F)cc(-n2cnnn2)cc1F. The van der Waals surface area contributed by atoms with Crippen LogP contribution < -0.4 is 0 Å². The molecule has 0 radical (unpaired) electrons. The molecule has 2 aromatic rings. The van der Waals surface area contributed by atoms with Gasteiger partial charge in [0, 0.05) is 17.7 Å². The van der Waals surface area contributed by atoms with Crippen LogP contribution in [-0.4, -0.2) is 20.2 Å². The highest BCUT2D eigenvalue weighted by molar-refractivity contribution is 5.36. The summed E-state index contributed by atoms with van der Waals surface area (Å²) in [6.45, 7) is 3.47. The zero-order valence-electron chi connectivity index (χ0n) is 8.85. The van der Waals surface area contributed by atoms with Crippen LogP contribution in [0.4, 0.5) is 8.78 Å². The normalized spacial score (nSPS) is 11.1. The van der Waals surface area contributed by atoms with Gasteiger partial charge in [0.25, 0.3) is 0 Å². The molecule has 0 aliphatic carbocycles. The van der Waals surface area contributed by atoms with Gasteiger partial charge in [0.05, 0.1) is 5.69 Å². The molecule has 0 N–H and O–H groups in total. The van der Waals surface area contributed by atoms with Crippen LogP contribution in [0.5, 0.6) is 0 Å². The van der Waals surface area contributed by atoms with Crippen LogP contribution in [-0.2, 0) is 0 Å². The molecule has 84 valence electrons. The minimum atomic E-state index is -0.583. The maximum atomic E-state index is 13.6. The number of hydrogen-bond acceptors (Lipinski definition) is 3. The molecule has 0 bridgehead atoms. The Morgan fingerprint density at radius 2 is 1.81 bits per heavy atom. The molecule has 6 heteroatoms. The van der Waals surface area contributed by atoms with E-state index in [0.717, 1.165) is 0 Å². The molecule has 0 fully saturated rings. The van der Waals surface area contributed by atoms with E-state index in [1.54, 1.807) is 13.8 Å². The van der Waals surface area contributed by atoms with Crippen LogP contribution in [0.15, 0.2) is 18.5 Å². The van der Waals surface area contributed by atoms with Gasteiger partial charge in [0.1, 0.15) is 18.0 Å². The Kier molecular flexibility index (Phi) is 2.64. The fraction of sp³-hybridized carbons (Fsp3) is 0.300. The van der Waals surface area contributed by atoms with Gasteiger partial charge in [-0.05, 0) is 16.3 Å². The number of hydrogen-bond donors (Lipinski definition) is 0. The van der Waals surface area contributed by atoms with Gasteiger partial charge in [-0.2, -0.15) is 0 Å². The van der Waals surface area contributed by atoms with Gasteiger partial charge in [-0.15, -0.1) is 5.10 Å². The molecular weight excluding hydrogens is 214 g/mol. The Bertz CT molecular complexity index is 471. The van der Waals surface area contributed by atoms with Gasteiger partial charge >= 0.3 is 0 Å². The molecule has 1 aromatic heterocycles. The third-order valence-electron chi connectivity index (χ3n) is 2.25. The van der Waals surface area contributed by atoms with Crippen molar-refractivity contribution in [1.29, 1.82) is 0 Å². The lowest BCUT2D eigenvalue weighted by Gasteiger charge is -2.10. The van der Waals surface area contributed by atoms with E-state index in [2.05, 4.69) is 15.5 Å². The zero-order valence-corrected chi connectivity index (χ0v) is 8.85. The summed E-state index contributed by atoms with van der Waals surface area (Å²) in [7, 11) is 0. The molecule has 1 heterocycles. The smallest absolute Gasteiger partial charge is 0.143 e. The van der Waals surface area contributed by atoms with Crippen LogP contribution in [0.3, 0.4) is 0 Å². The minimum absolute atomic E-state index is 0.0804. The molecule has 0 saturated heterocycles. The molecule has 2 rings (SSSR count). The molecule has 4 nitrogen and oxygen atoms in total. The highest BCUT2D eigenvalue weighted by Gasteiger charge is 2.15. The Labute approximate surface area is 90.9 Å². The average Bonchev–Trinajstić information content (AvgIpc) is 2.67. The Morgan fingerprint density at radius 1 is 1.19 bits per heavy atom. The van der Waals surface area contributed by atoms with Crippen molar-refractivity contribution in [3.63, 3.8) is 0 Å². The van der Waals surface area contributed by atoms with E-state index in [1.807, 2.05) is 0 Å². The fourth-order valence-corrected chi connectivity index (χ4v) is 1.53. The van der Waals surface area contributed by atoms with E-state index in [4.69, 9.17) is 0 Å². The quantitative estimate of drug-likeness (QED) is 0.784. The van der Waals surface area contributed by atoms with E-state index in [9.17, 15) is 8.78 Å². The standard InChI is InChI=1S/C10H10F2N4/c1-6(2)10-8(11)3-7(4-9(10)12)16-5-13-14-15-16/h3-6H,1-2H3. The van der Waals surface area contributed by atoms with E-state index in [1.165, 1.54) is 23.1 Å². The number of halogens is 2. The molecule has 0 spiro atoms. The molecule has 0 atom stereocenters. The van der Waals surface area contributed by atoms with E-state index >= 15 is 0 Å². The Hall–Kier alpha value is -1.85. The lowest BCUT2D eigenvalue weighted by Crippen LogP contribution is -2.03.